The van der Waals surface area contributed by atoms with E-state index in [1.54, 1.807) is 30.3 Å². The lowest BCUT2D eigenvalue weighted by Gasteiger charge is -2.16. The largest absolute Gasteiger partial charge is 0.345 e. The van der Waals surface area contributed by atoms with E-state index < -0.39 is 0 Å². The standard InChI is InChI=1S/C28H24N2O2/c1-20(21-10-3-2-4-11-21)29-28(32)25-16-7-8-17-26(25)30-27(31)19-18-23-14-9-13-22-12-5-6-15-24(22)23/h2-20H,1H3,(H,29,32)(H,30,31)/b19-18+. The van der Waals surface area contributed by atoms with Crippen LogP contribution in [0.15, 0.2) is 103 Å². The van der Waals surface area contributed by atoms with Gasteiger partial charge < -0.3 is 10.6 Å². The first-order chi connectivity index (χ1) is 15.6. The van der Waals surface area contributed by atoms with Crippen LogP contribution in [0, 0.1) is 0 Å². The number of benzene rings is 4. The Kier molecular flexibility index (Phi) is 6.42. The fourth-order valence-corrected chi connectivity index (χ4v) is 3.63. The second-order valence-corrected chi connectivity index (χ2v) is 7.54. The van der Waals surface area contributed by atoms with Gasteiger partial charge in [0, 0.05) is 6.08 Å². The number of fused-ring (bicyclic) bond motifs is 1. The van der Waals surface area contributed by atoms with Crippen LogP contribution >= 0.6 is 0 Å². The Morgan fingerprint density at radius 3 is 2.31 bits per heavy atom. The van der Waals surface area contributed by atoms with E-state index in [9.17, 15) is 9.59 Å². The van der Waals surface area contributed by atoms with Crippen LogP contribution in [0.2, 0.25) is 0 Å². The topological polar surface area (TPSA) is 58.2 Å². The molecule has 0 bridgehead atoms. The number of hydrogen-bond donors (Lipinski definition) is 2. The van der Waals surface area contributed by atoms with E-state index >= 15 is 0 Å². The zero-order valence-electron chi connectivity index (χ0n) is 17.8. The van der Waals surface area contributed by atoms with Crippen molar-refractivity contribution in [3.05, 3.63) is 120 Å². The molecule has 2 N–H and O–H groups in total. The van der Waals surface area contributed by atoms with Crippen LogP contribution in [-0.4, -0.2) is 11.8 Å². The van der Waals surface area contributed by atoms with E-state index in [2.05, 4.69) is 10.6 Å². The maximum atomic E-state index is 12.9. The average molecular weight is 421 g/mol. The number of rotatable bonds is 6. The Hall–Kier alpha value is -4.18. The van der Waals surface area contributed by atoms with Crippen molar-refractivity contribution in [3.8, 4) is 0 Å². The van der Waals surface area contributed by atoms with Gasteiger partial charge in [0.1, 0.15) is 0 Å². The highest BCUT2D eigenvalue weighted by Gasteiger charge is 2.15. The van der Waals surface area contributed by atoms with Crippen molar-refractivity contribution in [3.63, 3.8) is 0 Å². The van der Waals surface area contributed by atoms with Gasteiger partial charge in [0.05, 0.1) is 17.3 Å². The smallest absolute Gasteiger partial charge is 0.253 e. The molecule has 0 aliphatic rings. The van der Waals surface area contributed by atoms with Crippen molar-refractivity contribution in [2.75, 3.05) is 5.32 Å². The van der Waals surface area contributed by atoms with Gasteiger partial charge in [-0.05, 0) is 47.0 Å². The summed E-state index contributed by atoms with van der Waals surface area (Å²) < 4.78 is 0. The zero-order chi connectivity index (χ0) is 22.3. The molecule has 0 aromatic heterocycles. The normalized spacial score (nSPS) is 11.9. The van der Waals surface area contributed by atoms with Crippen molar-refractivity contribution < 1.29 is 9.59 Å². The molecule has 4 heteroatoms. The van der Waals surface area contributed by atoms with Gasteiger partial charge in [0.25, 0.3) is 5.91 Å². The quantitative estimate of drug-likeness (QED) is 0.377. The predicted molar refractivity (Wildman–Crippen MR) is 130 cm³/mol. The van der Waals surface area contributed by atoms with E-state index in [1.807, 2.05) is 79.7 Å². The molecule has 4 nitrogen and oxygen atoms in total. The summed E-state index contributed by atoms with van der Waals surface area (Å²) >= 11 is 0. The minimum Gasteiger partial charge on any atom is -0.345 e. The van der Waals surface area contributed by atoms with E-state index in [4.69, 9.17) is 0 Å². The fraction of sp³-hybridized carbons (Fsp3) is 0.0714. The first kappa shape index (κ1) is 21.1. The molecule has 0 heterocycles. The van der Waals surface area contributed by atoms with E-state index in [0.717, 1.165) is 21.9 Å². The SMILES string of the molecule is CC(NC(=O)c1ccccc1NC(=O)/C=C/c1cccc2ccccc12)c1ccccc1. The lowest BCUT2D eigenvalue weighted by Crippen LogP contribution is -2.27. The molecule has 0 aliphatic carbocycles. The van der Waals surface area contributed by atoms with Gasteiger partial charge >= 0.3 is 0 Å². The molecule has 4 aromatic rings. The zero-order valence-corrected chi connectivity index (χ0v) is 17.8. The molecular weight excluding hydrogens is 396 g/mol. The second-order valence-electron chi connectivity index (χ2n) is 7.54. The van der Waals surface area contributed by atoms with Crippen LogP contribution in [0.3, 0.4) is 0 Å². The van der Waals surface area contributed by atoms with E-state index in [1.165, 1.54) is 6.08 Å². The number of para-hydroxylation sites is 1. The number of hydrogen-bond acceptors (Lipinski definition) is 2. The minimum atomic E-state index is -0.297. The van der Waals surface area contributed by atoms with Gasteiger partial charge in [-0.1, -0.05) is 84.9 Å². The number of anilines is 1. The van der Waals surface area contributed by atoms with Crippen LogP contribution in [0.5, 0.6) is 0 Å². The molecule has 4 rings (SSSR count). The van der Waals surface area contributed by atoms with Gasteiger partial charge in [-0.3, -0.25) is 9.59 Å². The molecule has 0 saturated heterocycles. The summed E-state index contributed by atoms with van der Waals surface area (Å²) in [6, 6.07) is 30.6. The number of nitrogens with one attached hydrogen (secondary N) is 2. The Morgan fingerprint density at radius 2 is 1.47 bits per heavy atom. The molecule has 2 amide bonds. The van der Waals surface area contributed by atoms with Crippen LogP contribution in [0.1, 0.15) is 34.5 Å². The fourth-order valence-electron chi connectivity index (χ4n) is 3.63. The monoisotopic (exact) mass is 420 g/mol. The Balaban J connectivity index is 1.48. The molecule has 0 fully saturated rings. The molecule has 1 unspecified atom stereocenters. The van der Waals surface area contributed by atoms with Crippen molar-refractivity contribution >= 4 is 34.4 Å². The summed E-state index contributed by atoms with van der Waals surface area (Å²) in [5.41, 5.74) is 2.86. The molecule has 4 aromatic carbocycles. The number of amides is 2. The molecule has 0 aliphatic heterocycles. The van der Waals surface area contributed by atoms with E-state index in [0.29, 0.717) is 11.3 Å². The molecule has 158 valence electrons. The van der Waals surface area contributed by atoms with Crippen molar-refractivity contribution in [2.24, 2.45) is 0 Å². The highest BCUT2D eigenvalue weighted by Crippen LogP contribution is 2.21. The van der Waals surface area contributed by atoms with Crippen molar-refractivity contribution in [2.45, 2.75) is 13.0 Å². The highest BCUT2D eigenvalue weighted by molar-refractivity contribution is 6.08. The van der Waals surface area contributed by atoms with E-state index in [-0.39, 0.29) is 17.9 Å². The Bertz CT molecular complexity index is 1270. The molecule has 0 radical (unpaired) electrons. The third-order valence-electron chi connectivity index (χ3n) is 5.31. The van der Waals surface area contributed by atoms with Gasteiger partial charge in [0.2, 0.25) is 5.91 Å². The first-order valence-electron chi connectivity index (χ1n) is 10.5. The number of carbonyl (C=O) groups is 2. The van der Waals surface area contributed by atoms with Crippen LogP contribution in [0.4, 0.5) is 5.69 Å². The third kappa shape index (κ3) is 4.93. The molecule has 32 heavy (non-hydrogen) atoms. The number of carbonyl (C=O) groups excluding carboxylic acids is 2. The van der Waals surface area contributed by atoms with Crippen molar-refractivity contribution in [1.29, 1.82) is 0 Å². The third-order valence-corrected chi connectivity index (χ3v) is 5.31. The van der Waals surface area contributed by atoms with Gasteiger partial charge in [-0.15, -0.1) is 0 Å². The maximum absolute atomic E-state index is 12.9. The lowest BCUT2D eigenvalue weighted by atomic mass is 10.0. The Labute approximate surface area is 187 Å². The minimum absolute atomic E-state index is 0.154. The summed E-state index contributed by atoms with van der Waals surface area (Å²) in [4.78, 5) is 25.5. The van der Waals surface area contributed by atoms with Crippen LogP contribution in [-0.2, 0) is 4.79 Å². The average Bonchev–Trinajstić information content (AvgIpc) is 2.83. The summed E-state index contributed by atoms with van der Waals surface area (Å²) in [5.74, 6) is -0.537. The van der Waals surface area contributed by atoms with Crippen LogP contribution < -0.4 is 10.6 Å². The highest BCUT2D eigenvalue weighted by atomic mass is 16.2. The van der Waals surface area contributed by atoms with Gasteiger partial charge in [-0.25, -0.2) is 0 Å². The molecule has 1 atom stereocenters. The summed E-state index contributed by atoms with van der Waals surface area (Å²) in [6.07, 6.45) is 3.28. The molecular formula is C28H24N2O2. The predicted octanol–water partition coefficient (Wildman–Crippen LogP) is 5.98. The van der Waals surface area contributed by atoms with Crippen molar-refractivity contribution in [1.82, 2.24) is 5.32 Å². The molecule has 0 saturated carbocycles. The lowest BCUT2D eigenvalue weighted by molar-refractivity contribution is -0.111. The summed E-state index contributed by atoms with van der Waals surface area (Å²) in [6.45, 7) is 1.93. The second kappa shape index (κ2) is 9.75. The van der Waals surface area contributed by atoms with Crippen LogP contribution in [0.25, 0.3) is 16.8 Å². The maximum Gasteiger partial charge on any atom is 0.253 e. The summed E-state index contributed by atoms with van der Waals surface area (Å²) in [7, 11) is 0. The van der Waals surface area contributed by atoms with Gasteiger partial charge in [0.15, 0.2) is 0 Å². The summed E-state index contributed by atoms with van der Waals surface area (Å²) in [5, 5.41) is 8.02. The molecule has 0 spiro atoms. The first-order valence-corrected chi connectivity index (χ1v) is 10.5. The van der Waals surface area contributed by atoms with Gasteiger partial charge in [-0.2, -0.15) is 0 Å². The Morgan fingerprint density at radius 1 is 0.781 bits per heavy atom.